The molecule has 0 bridgehead atoms. The molecule has 0 fully saturated rings. The van der Waals surface area contributed by atoms with Crippen LogP contribution in [0.1, 0.15) is 16.1 Å². The number of nitrogens with one attached hydrogen (secondary N) is 1. The van der Waals surface area contributed by atoms with Crippen molar-refractivity contribution in [2.24, 2.45) is 0 Å². The third-order valence-corrected chi connectivity index (χ3v) is 3.68. The summed E-state index contributed by atoms with van der Waals surface area (Å²) in [5, 5.41) is 16.3. The van der Waals surface area contributed by atoms with Crippen molar-refractivity contribution < 1.29 is 18.8 Å². The SMILES string of the molecule is Cc1onc(-c2c(F)cccc2Cl)c1C(=O)NC[C@@H](O)CN(C)C. The van der Waals surface area contributed by atoms with E-state index in [-0.39, 0.29) is 34.1 Å². The monoisotopic (exact) mass is 355 g/mol. The predicted octanol–water partition coefficient (Wildman–Crippen LogP) is 2.09. The first-order chi connectivity index (χ1) is 11.3. The van der Waals surface area contributed by atoms with Gasteiger partial charge in [0.25, 0.3) is 5.91 Å². The molecule has 2 N–H and O–H groups in total. The van der Waals surface area contributed by atoms with Crippen LogP contribution in [-0.4, -0.2) is 54.4 Å². The van der Waals surface area contributed by atoms with Crippen LogP contribution in [0.2, 0.25) is 5.02 Å². The van der Waals surface area contributed by atoms with Crippen LogP contribution in [0.25, 0.3) is 11.3 Å². The van der Waals surface area contributed by atoms with Gasteiger partial charge in [-0.25, -0.2) is 4.39 Å². The van der Waals surface area contributed by atoms with E-state index in [1.807, 2.05) is 14.1 Å². The standard InChI is InChI=1S/C16H19ClFN3O3/c1-9-13(16(23)19-7-10(22)8-21(2)3)15(20-24-9)14-11(17)5-4-6-12(14)18/h4-6,10,22H,7-8H2,1-3H3,(H,19,23)/t10-/m1/s1. The Morgan fingerprint density at radius 3 is 2.83 bits per heavy atom. The summed E-state index contributed by atoms with van der Waals surface area (Å²) < 4.78 is 19.1. The minimum atomic E-state index is -0.732. The summed E-state index contributed by atoms with van der Waals surface area (Å²) in [5.74, 6) is -0.873. The van der Waals surface area contributed by atoms with Crippen LogP contribution in [-0.2, 0) is 0 Å². The molecular weight excluding hydrogens is 337 g/mol. The van der Waals surface area contributed by atoms with E-state index in [1.54, 1.807) is 11.8 Å². The Balaban J connectivity index is 2.26. The topological polar surface area (TPSA) is 78.6 Å². The summed E-state index contributed by atoms with van der Waals surface area (Å²) in [6.07, 6.45) is -0.732. The number of amides is 1. The van der Waals surface area contributed by atoms with Gasteiger partial charge >= 0.3 is 0 Å². The van der Waals surface area contributed by atoms with Gasteiger partial charge in [-0.2, -0.15) is 0 Å². The van der Waals surface area contributed by atoms with Crippen LogP contribution in [0.4, 0.5) is 4.39 Å². The molecule has 1 aromatic carbocycles. The normalized spacial score (nSPS) is 12.5. The van der Waals surface area contributed by atoms with Crippen molar-refractivity contribution in [2.75, 3.05) is 27.2 Å². The summed E-state index contributed by atoms with van der Waals surface area (Å²) >= 11 is 6.04. The molecular formula is C16H19ClFN3O3. The van der Waals surface area contributed by atoms with E-state index >= 15 is 0 Å². The van der Waals surface area contributed by atoms with Crippen molar-refractivity contribution in [3.8, 4) is 11.3 Å². The van der Waals surface area contributed by atoms with E-state index in [1.165, 1.54) is 18.2 Å². The number of hydrogen-bond acceptors (Lipinski definition) is 5. The molecule has 0 saturated heterocycles. The lowest BCUT2D eigenvalue weighted by atomic mass is 10.0. The minimum Gasteiger partial charge on any atom is -0.390 e. The summed E-state index contributed by atoms with van der Waals surface area (Å²) in [6, 6.07) is 4.20. The smallest absolute Gasteiger partial charge is 0.257 e. The second-order valence-electron chi connectivity index (χ2n) is 5.69. The van der Waals surface area contributed by atoms with E-state index in [4.69, 9.17) is 16.1 Å². The first-order valence-corrected chi connectivity index (χ1v) is 7.70. The van der Waals surface area contributed by atoms with Crippen molar-refractivity contribution >= 4 is 17.5 Å². The van der Waals surface area contributed by atoms with Gasteiger partial charge in [0.2, 0.25) is 0 Å². The number of carbonyl (C=O) groups is 1. The van der Waals surface area contributed by atoms with Crippen LogP contribution in [0.15, 0.2) is 22.7 Å². The molecule has 0 aliphatic heterocycles. The predicted molar refractivity (Wildman–Crippen MR) is 88.5 cm³/mol. The fraction of sp³-hybridized carbons (Fsp3) is 0.375. The van der Waals surface area contributed by atoms with Crippen LogP contribution < -0.4 is 5.32 Å². The summed E-state index contributed by atoms with van der Waals surface area (Å²) in [5.41, 5.74) is 0.143. The molecule has 0 unspecified atom stereocenters. The van der Waals surface area contributed by atoms with Gasteiger partial charge in [0, 0.05) is 13.1 Å². The van der Waals surface area contributed by atoms with Gasteiger partial charge in [0.15, 0.2) is 0 Å². The molecule has 1 aromatic heterocycles. The third kappa shape index (κ3) is 4.11. The number of likely N-dealkylation sites (N-methyl/N-ethyl adjacent to an activating group) is 1. The number of benzene rings is 1. The molecule has 0 aliphatic rings. The molecule has 1 heterocycles. The average Bonchev–Trinajstić information content (AvgIpc) is 2.85. The Morgan fingerprint density at radius 2 is 2.21 bits per heavy atom. The summed E-state index contributed by atoms with van der Waals surface area (Å²) in [7, 11) is 3.63. The zero-order valence-corrected chi connectivity index (χ0v) is 14.4. The number of carbonyl (C=O) groups excluding carboxylic acids is 1. The van der Waals surface area contributed by atoms with Gasteiger partial charge in [0.05, 0.1) is 16.7 Å². The minimum absolute atomic E-state index is 0.00927. The number of aliphatic hydroxyl groups is 1. The zero-order valence-electron chi connectivity index (χ0n) is 13.6. The Labute approximate surface area is 144 Å². The molecule has 1 amide bonds. The first-order valence-electron chi connectivity index (χ1n) is 7.33. The van der Waals surface area contributed by atoms with Gasteiger partial charge < -0.3 is 19.8 Å². The summed E-state index contributed by atoms with van der Waals surface area (Å²) in [4.78, 5) is 14.2. The highest BCUT2D eigenvalue weighted by Gasteiger charge is 2.25. The maximum Gasteiger partial charge on any atom is 0.257 e. The quantitative estimate of drug-likeness (QED) is 0.829. The molecule has 2 aromatic rings. The number of aryl methyl sites for hydroxylation is 1. The van der Waals surface area contributed by atoms with Gasteiger partial charge in [-0.05, 0) is 33.2 Å². The van der Waals surface area contributed by atoms with E-state index in [0.717, 1.165) is 0 Å². The van der Waals surface area contributed by atoms with Crippen LogP contribution in [0.3, 0.4) is 0 Å². The fourth-order valence-electron chi connectivity index (χ4n) is 2.32. The number of hydrogen-bond donors (Lipinski definition) is 2. The second-order valence-corrected chi connectivity index (χ2v) is 6.09. The zero-order chi connectivity index (χ0) is 17.9. The Morgan fingerprint density at radius 1 is 1.50 bits per heavy atom. The molecule has 0 spiro atoms. The van der Waals surface area contributed by atoms with Crippen molar-refractivity contribution in [2.45, 2.75) is 13.0 Å². The number of rotatable bonds is 6. The Bertz CT molecular complexity index is 713. The maximum atomic E-state index is 14.1. The van der Waals surface area contributed by atoms with Gasteiger partial charge in [0.1, 0.15) is 22.8 Å². The van der Waals surface area contributed by atoms with Crippen molar-refractivity contribution in [1.82, 2.24) is 15.4 Å². The number of aromatic nitrogens is 1. The van der Waals surface area contributed by atoms with Gasteiger partial charge in [-0.15, -0.1) is 0 Å². The molecule has 130 valence electrons. The van der Waals surface area contributed by atoms with Crippen molar-refractivity contribution in [1.29, 1.82) is 0 Å². The van der Waals surface area contributed by atoms with E-state index in [2.05, 4.69) is 10.5 Å². The number of halogens is 2. The van der Waals surface area contributed by atoms with E-state index < -0.39 is 17.8 Å². The van der Waals surface area contributed by atoms with Crippen LogP contribution >= 0.6 is 11.6 Å². The molecule has 24 heavy (non-hydrogen) atoms. The van der Waals surface area contributed by atoms with Gasteiger partial charge in [-0.3, -0.25) is 4.79 Å². The highest BCUT2D eigenvalue weighted by molar-refractivity contribution is 6.33. The number of aliphatic hydroxyl groups excluding tert-OH is 1. The highest BCUT2D eigenvalue weighted by atomic mass is 35.5. The highest BCUT2D eigenvalue weighted by Crippen LogP contribution is 2.33. The van der Waals surface area contributed by atoms with E-state index in [9.17, 15) is 14.3 Å². The molecule has 2 rings (SSSR count). The van der Waals surface area contributed by atoms with Gasteiger partial charge in [-0.1, -0.05) is 22.8 Å². The Kier molecular flexibility index (Phi) is 5.93. The molecule has 0 aliphatic carbocycles. The lowest BCUT2D eigenvalue weighted by molar-refractivity contribution is 0.0891. The van der Waals surface area contributed by atoms with Crippen LogP contribution in [0, 0.1) is 12.7 Å². The van der Waals surface area contributed by atoms with Crippen LogP contribution in [0.5, 0.6) is 0 Å². The fourth-order valence-corrected chi connectivity index (χ4v) is 2.57. The molecule has 1 atom stereocenters. The molecule has 6 nitrogen and oxygen atoms in total. The van der Waals surface area contributed by atoms with E-state index in [0.29, 0.717) is 6.54 Å². The average molecular weight is 356 g/mol. The second kappa shape index (κ2) is 7.74. The number of nitrogens with zero attached hydrogens (tertiary/aromatic N) is 2. The largest absolute Gasteiger partial charge is 0.390 e. The lowest BCUT2D eigenvalue weighted by Gasteiger charge is -2.16. The summed E-state index contributed by atoms with van der Waals surface area (Å²) in [6.45, 7) is 2.00. The Hall–Kier alpha value is -1.96. The molecule has 0 radical (unpaired) electrons. The maximum absolute atomic E-state index is 14.1. The van der Waals surface area contributed by atoms with Crippen molar-refractivity contribution in [3.63, 3.8) is 0 Å². The lowest BCUT2D eigenvalue weighted by Crippen LogP contribution is -2.37. The third-order valence-electron chi connectivity index (χ3n) is 3.36. The van der Waals surface area contributed by atoms with Crippen molar-refractivity contribution in [3.05, 3.63) is 40.4 Å². The molecule has 0 saturated carbocycles. The molecule has 8 heteroatoms. The first kappa shape index (κ1) is 18.4.